The highest BCUT2D eigenvalue weighted by Gasteiger charge is 2.00. The fourth-order valence-corrected chi connectivity index (χ4v) is 2.24. The van der Waals surface area contributed by atoms with Crippen molar-refractivity contribution >= 4 is 5.69 Å². The van der Waals surface area contributed by atoms with Crippen LogP contribution in [0.3, 0.4) is 0 Å². The highest BCUT2D eigenvalue weighted by molar-refractivity contribution is 5.44. The number of hydrogen-bond acceptors (Lipinski definition) is 1. The van der Waals surface area contributed by atoms with Gasteiger partial charge in [0, 0.05) is 5.69 Å². The SMILES string of the molecule is CCCCCc1cc(N)cc(CCCCC)c1. The molecule has 0 aromatic heterocycles. The summed E-state index contributed by atoms with van der Waals surface area (Å²) in [5, 5.41) is 0. The van der Waals surface area contributed by atoms with E-state index in [9.17, 15) is 0 Å². The Morgan fingerprint density at radius 2 is 1.24 bits per heavy atom. The Morgan fingerprint density at radius 1 is 0.765 bits per heavy atom. The zero-order valence-corrected chi connectivity index (χ0v) is 11.5. The van der Waals surface area contributed by atoms with Crippen LogP contribution in [0.15, 0.2) is 18.2 Å². The van der Waals surface area contributed by atoms with E-state index in [0.717, 1.165) is 5.69 Å². The second kappa shape index (κ2) is 8.16. The largest absolute Gasteiger partial charge is 0.399 e. The van der Waals surface area contributed by atoms with Gasteiger partial charge >= 0.3 is 0 Å². The molecule has 1 heteroatoms. The van der Waals surface area contributed by atoms with Crippen molar-refractivity contribution in [3.63, 3.8) is 0 Å². The minimum absolute atomic E-state index is 0.936. The first-order chi connectivity index (χ1) is 8.26. The molecule has 0 heterocycles. The van der Waals surface area contributed by atoms with Gasteiger partial charge in [-0.05, 0) is 48.9 Å². The summed E-state index contributed by atoms with van der Waals surface area (Å²) in [6.45, 7) is 4.49. The Bertz CT molecular complexity index is 289. The van der Waals surface area contributed by atoms with E-state index in [-0.39, 0.29) is 0 Å². The van der Waals surface area contributed by atoms with Gasteiger partial charge in [0.25, 0.3) is 0 Å². The molecule has 0 atom stereocenters. The Balaban J connectivity index is 2.53. The molecule has 1 aromatic carbocycles. The molecule has 0 unspecified atom stereocenters. The molecule has 0 aliphatic heterocycles. The van der Waals surface area contributed by atoms with Gasteiger partial charge in [-0.1, -0.05) is 45.6 Å². The molecule has 1 rings (SSSR count). The van der Waals surface area contributed by atoms with Crippen molar-refractivity contribution in [2.24, 2.45) is 0 Å². The molecule has 17 heavy (non-hydrogen) atoms. The van der Waals surface area contributed by atoms with Crippen molar-refractivity contribution in [3.05, 3.63) is 29.3 Å². The minimum atomic E-state index is 0.936. The number of benzene rings is 1. The van der Waals surface area contributed by atoms with Crippen molar-refractivity contribution in [2.75, 3.05) is 5.73 Å². The minimum Gasteiger partial charge on any atom is -0.399 e. The number of nitrogens with two attached hydrogens (primary N) is 1. The van der Waals surface area contributed by atoms with Crippen LogP contribution in [0.4, 0.5) is 5.69 Å². The third-order valence-corrected chi connectivity index (χ3v) is 3.21. The predicted octanol–water partition coefficient (Wildman–Crippen LogP) is 4.73. The summed E-state index contributed by atoms with van der Waals surface area (Å²) in [5.74, 6) is 0. The molecule has 0 bridgehead atoms. The van der Waals surface area contributed by atoms with Gasteiger partial charge in [-0.25, -0.2) is 0 Å². The average molecular weight is 233 g/mol. The fraction of sp³-hybridized carbons (Fsp3) is 0.625. The lowest BCUT2D eigenvalue weighted by molar-refractivity contribution is 0.709. The van der Waals surface area contributed by atoms with Crippen LogP contribution in [0.2, 0.25) is 0 Å². The normalized spacial score (nSPS) is 10.7. The van der Waals surface area contributed by atoms with Crippen molar-refractivity contribution in [2.45, 2.75) is 65.2 Å². The average Bonchev–Trinajstić information content (AvgIpc) is 2.29. The number of aryl methyl sites for hydroxylation is 2. The van der Waals surface area contributed by atoms with E-state index in [1.807, 2.05) is 0 Å². The fourth-order valence-electron chi connectivity index (χ4n) is 2.24. The van der Waals surface area contributed by atoms with Crippen LogP contribution in [0.1, 0.15) is 63.5 Å². The van der Waals surface area contributed by atoms with Crippen LogP contribution in [0, 0.1) is 0 Å². The molecule has 0 radical (unpaired) electrons. The maximum atomic E-state index is 5.97. The molecule has 0 spiro atoms. The monoisotopic (exact) mass is 233 g/mol. The third-order valence-electron chi connectivity index (χ3n) is 3.21. The van der Waals surface area contributed by atoms with Gasteiger partial charge in [-0.15, -0.1) is 0 Å². The van der Waals surface area contributed by atoms with E-state index >= 15 is 0 Å². The van der Waals surface area contributed by atoms with Crippen molar-refractivity contribution < 1.29 is 0 Å². The summed E-state index contributed by atoms with van der Waals surface area (Å²) in [6, 6.07) is 6.62. The van der Waals surface area contributed by atoms with Crippen molar-refractivity contribution in [3.8, 4) is 0 Å². The summed E-state index contributed by atoms with van der Waals surface area (Å²) >= 11 is 0. The molecule has 1 aromatic rings. The van der Waals surface area contributed by atoms with Gasteiger partial charge in [0.1, 0.15) is 0 Å². The van der Waals surface area contributed by atoms with Gasteiger partial charge in [-0.2, -0.15) is 0 Å². The van der Waals surface area contributed by atoms with Gasteiger partial charge in [0.2, 0.25) is 0 Å². The molecular weight excluding hydrogens is 206 g/mol. The lowest BCUT2D eigenvalue weighted by Crippen LogP contribution is -1.95. The summed E-state index contributed by atoms with van der Waals surface area (Å²) in [7, 11) is 0. The van der Waals surface area contributed by atoms with Gasteiger partial charge in [0.05, 0.1) is 0 Å². The smallest absolute Gasteiger partial charge is 0.0319 e. The van der Waals surface area contributed by atoms with E-state index in [1.165, 1.54) is 62.5 Å². The Hall–Kier alpha value is -0.980. The van der Waals surface area contributed by atoms with E-state index in [1.54, 1.807) is 0 Å². The number of hydrogen-bond donors (Lipinski definition) is 1. The number of rotatable bonds is 8. The van der Waals surface area contributed by atoms with Crippen molar-refractivity contribution in [1.29, 1.82) is 0 Å². The Kier molecular flexibility index (Phi) is 6.76. The summed E-state index contributed by atoms with van der Waals surface area (Å²) < 4.78 is 0. The lowest BCUT2D eigenvalue weighted by Gasteiger charge is -2.07. The van der Waals surface area contributed by atoms with E-state index in [4.69, 9.17) is 5.73 Å². The van der Waals surface area contributed by atoms with E-state index < -0.39 is 0 Å². The second-order valence-corrected chi connectivity index (χ2v) is 5.00. The maximum absolute atomic E-state index is 5.97. The van der Waals surface area contributed by atoms with Gasteiger partial charge in [0.15, 0.2) is 0 Å². The molecule has 0 aliphatic rings. The first-order valence-electron chi connectivity index (χ1n) is 7.14. The number of nitrogen functional groups attached to an aromatic ring is 1. The molecule has 0 saturated carbocycles. The molecule has 0 aliphatic carbocycles. The lowest BCUT2D eigenvalue weighted by atomic mass is 10.0. The van der Waals surface area contributed by atoms with E-state index in [2.05, 4.69) is 32.0 Å². The molecule has 0 fully saturated rings. The van der Waals surface area contributed by atoms with Crippen molar-refractivity contribution in [1.82, 2.24) is 0 Å². The zero-order valence-electron chi connectivity index (χ0n) is 11.5. The molecule has 0 saturated heterocycles. The molecule has 96 valence electrons. The first-order valence-corrected chi connectivity index (χ1v) is 7.14. The Labute approximate surface area is 106 Å². The summed E-state index contributed by atoms with van der Waals surface area (Å²) in [6.07, 6.45) is 10.1. The summed E-state index contributed by atoms with van der Waals surface area (Å²) in [4.78, 5) is 0. The van der Waals surface area contributed by atoms with Crippen LogP contribution in [-0.4, -0.2) is 0 Å². The molecule has 1 nitrogen and oxygen atoms in total. The third kappa shape index (κ3) is 5.76. The molecule has 0 amide bonds. The van der Waals surface area contributed by atoms with Crippen LogP contribution in [0.5, 0.6) is 0 Å². The zero-order chi connectivity index (χ0) is 12.5. The number of anilines is 1. The van der Waals surface area contributed by atoms with Crippen LogP contribution >= 0.6 is 0 Å². The van der Waals surface area contributed by atoms with E-state index in [0.29, 0.717) is 0 Å². The predicted molar refractivity (Wildman–Crippen MR) is 77.3 cm³/mol. The van der Waals surface area contributed by atoms with Crippen LogP contribution in [-0.2, 0) is 12.8 Å². The maximum Gasteiger partial charge on any atom is 0.0319 e. The number of unbranched alkanes of at least 4 members (excludes halogenated alkanes) is 4. The van der Waals surface area contributed by atoms with Crippen LogP contribution in [0.25, 0.3) is 0 Å². The van der Waals surface area contributed by atoms with Gasteiger partial charge < -0.3 is 5.73 Å². The quantitative estimate of drug-likeness (QED) is 0.509. The standard InChI is InChI=1S/C16H27N/c1-3-5-7-9-14-11-15(10-8-6-4-2)13-16(17)12-14/h11-13H,3-10,17H2,1-2H3. The van der Waals surface area contributed by atoms with Crippen LogP contribution < -0.4 is 5.73 Å². The first kappa shape index (κ1) is 14.1. The highest BCUT2D eigenvalue weighted by Crippen LogP contribution is 2.17. The molecule has 2 N–H and O–H groups in total. The Morgan fingerprint density at radius 3 is 1.65 bits per heavy atom. The second-order valence-electron chi connectivity index (χ2n) is 5.00. The topological polar surface area (TPSA) is 26.0 Å². The molecular formula is C16H27N. The van der Waals surface area contributed by atoms with Gasteiger partial charge in [-0.3, -0.25) is 0 Å². The summed E-state index contributed by atoms with van der Waals surface area (Å²) in [5.41, 5.74) is 9.75. The highest BCUT2D eigenvalue weighted by atomic mass is 14.5.